The first-order chi connectivity index (χ1) is 5.12. The third kappa shape index (κ3) is 0.890. The van der Waals surface area contributed by atoms with Crippen LogP contribution in [0.1, 0.15) is 6.92 Å². The second-order valence-corrected chi connectivity index (χ2v) is 4.20. The smallest absolute Gasteiger partial charge is 0.0509 e. The van der Waals surface area contributed by atoms with Crippen molar-refractivity contribution in [1.82, 2.24) is 9.80 Å². The van der Waals surface area contributed by atoms with Crippen LogP contribution in [0.5, 0.6) is 0 Å². The Morgan fingerprint density at radius 3 is 2.82 bits per heavy atom. The summed E-state index contributed by atoms with van der Waals surface area (Å²) in [7, 11) is 4.37. The van der Waals surface area contributed by atoms with Crippen LogP contribution in [0.2, 0.25) is 0 Å². The predicted molar refractivity (Wildman–Crippen MR) is 46.3 cm³/mol. The van der Waals surface area contributed by atoms with Crippen molar-refractivity contribution in [3.8, 4) is 0 Å². The maximum absolute atomic E-state index is 2.41. The lowest BCUT2D eigenvalue weighted by Crippen LogP contribution is -2.34. The van der Waals surface area contributed by atoms with E-state index in [-0.39, 0.29) is 0 Å². The van der Waals surface area contributed by atoms with E-state index in [1.54, 1.807) is 0 Å². The Kier molecular flexibility index (Phi) is 1.31. The van der Waals surface area contributed by atoms with Gasteiger partial charge in [-0.05, 0) is 13.2 Å². The lowest BCUT2D eigenvalue weighted by Gasteiger charge is -2.26. The summed E-state index contributed by atoms with van der Waals surface area (Å²) in [6, 6.07) is 0.715. The molecule has 0 aromatic heterocycles. The van der Waals surface area contributed by atoms with Crippen molar-refractivity contribution in [3.05, 3.63) is 12.3 Å². The van der Waals surface area contributed by atoms with Crippen LogP contribution in [0.15, 0.2) is 12.3 Å². The van der Waals surface area contributed by atoms with Crippen molar-refractivity contribution in [2.75, 3.05) is 27.2 Å². The number of hydrogen-bond donors (Lipinski definition) is 0. The van der Waals surface area contributed by atoms with Gasteiger partial charge in [-0.1, -0.05) is 13.0 Å². The highest BCUT2D eigenvalue weighted by molar-refractivity contribution is 5.16. The van der Waals surface area contributed by atoms with Gasteiger partial charge in [0, 0.05) is 25.6 Å². The van der Waals surface area contributed by atoms with Gasteiger partial charge in [0.2, 0.25) is 0 Å². The summed E-state index contributed by atoms with van der Waals surface area (Å²) in [5.41, 5.74) is 0.420. The molecule has 0 spiro atoms. The highest BCUT2D eigenvalue weighted by Crippen LogP contribution is 2.38. The molecule has 2 atom stereocenters. The van der Waals surface area contributed by atoms with Crippen molar-refractivity contribution < 1.29 is 0 Å². The molecule has 0 aromatic carbocycles. The molecular weight excluding hydrogens is 136 g/mol. The maximum atomic E-state index is 2.41. The Hall–Kier alpha value is -0.500. The summed E-state index contributed by atoms with van der Waals surface area (Å²) in [5, 5.41) is 0. The zero-order chi connectivity index (χ0) is 8.06. The number of fused-ring (bicyclic) bond motifs is 1. The van der Waals surface area contributed by atoms with E-state index in [4.69, 9.17) is 0 Å². The van der Waals surface area contributed by atoms with Gasteiger partial charge in [-0.15, -0.1) is 0 Å². The monoisotopic (exact) mass is 152 g/mol. The van der Waals surface area contributed by atoms with E-state index in [0.29, 0.717) is 11.5 Å². The molecule has 0 N–H and O–H groups in total. The molecule has 0 aromatic rings. The number of rotatable bonds is 0. The van der Waals surface area contributed by atoms with Crippen molar-refractivity contribution in [2.24, 2.45) is 5.41 Å². The third-order valence-electron chi connectivity index (χ3n) is 3.04. The normalized spacial score (nSPS) is 43.5. The second kappa shape index (κ2) is 2.01. The molecule has 2 heteroatoms. The van der Waals surface area contributed by atoms with Crippen LogP contribution in [-0.2, 0) is 0 Å². The highest BCUT2D eigenvalue weighted by atomic mass is 15.3. The molecule has 2 nitrogen and oxygen atoms in total. The van der Waals surface area contributed by atoms with Gasteiger partial charge in [-0.3, -0.25) is 0 Å². The fourth-order valence-electron chi connectivity index (χ4n) is 2.40. The zero-order valence-corrected chi connectivity index (χ0v) is 7.54. The molecule has 2 heterocycles. The third-order valence-corrected chi connectivity index (χ3v) is 3.04. The first kappa shape index (κ1) is 7.17. The fourth-order valence-corrected chi connectivity index (χ4v) is 2.40. The molecule has 1 fully saturated rings. The lowest BCUT2D eigenvalue weighted by molar-refractivity contribution is 0.275. The van der Waals surface area contributed by atoms with Crippen molar-refractivity contribution in [2.45, 2.75) is 13.0 Å². The van der Waals surface area contributed by atoms with Gasteiger partial charge in [-0.2, -0.15) is 0 Å². The Bertz CT molecular complexity index is 200. The van der Waals surface area contributed by atoms with E-state index in [2.05, 4.69) is 43.1 Å². The molecule has 0 bridgehead atoms. The minimum Gasteiger partial charge on any atom is -0.376 e. The van der Waals surface area contributed by atoms with Gasteiger partial charge in [-0.25, -0.2) is 0 Å². The number of likely N-dealkylation sites (tertiary alicyclic amines) is 1. The van der Waals surface area contributed by atoms with Crippen LogP contribution in [0.4, 0.5) is 0 Å². The van der Waals surface area contributed by atoms with Crippen LogP contribution in [0.25, 0.3) is 0 Å². The summed E-state index contributed by atoms with van der Waals surface area (Å²) in [4.78, 5) is 4.74. The average molecular weight is 152 g/mol. The van der Waals surface area contributed by atoms with Crippen molar-refractivity contribution in [3.63, 3.8) is 0 Å². The first-order valence-corrected chi connectivity index (χ1v) is 4.22. The zero-order valence-electron chi connectivity index (χ0n) is 7.54. The van der Waals surface area contributed by atoms with Gasteiger partial charge in [0.25, 0.3) is 0 Å². The second-order valence-electron chi connectivity index (χ2n) is 4.20. The van der Waals surface area contributed by atoms with Gasteiger partial charge < -0.3 is 9.80 Å². The maximum Gasteiger partial charge on any atom is 0.0509 e. The molecule has 62 valence electrons. The summed E-state index contributed by atoms with van der Waals surface area (Å²) in [6.45, 7) is 4.76. The van der Waals surface area contributed by atoms with E-state index in [1.165, 1.54) is 13.1 Å². The van der Waals surface area contributed by atoms with Gasteiger partial charge in [0.15, 0.2) is 0 Å². The molecule has 2 unspecified atom stereocenters. The molecule has 2 aliphatic heterocycles. The standard InChI is InChI=1S/C9H16N2/c1-9-4-5-11(3)8(9)6-10(2)7-9/h4-5,8H,6-7H2,1-3H3. The van der Waals surface area contributed by atoms with Crippen LogP contribution < -0.4 is 0 Å². The summed E-state index contributed by atoms with van der Waals surface area (Å²) < 4.78 is 0. The summed E-state index contributed by atoms with van der Waals surface area (Å²) >= 11 is 0. The van der Waals surface area contributed by atoms with E-state index in [9.17, 15) is 0 Å². The topological polar surface area (TPSA) is 6.48 Å². The van der Waals surface area contributed by atoms with E-state index < -0.39 is 0 Å². The number of nitrogens with zero attached hydrogens (tertiary/aromatic N) is 2. The van der Waals surface area contributed by atoms with Crippen molar-refractivity contribution >= 4 is 0 Å². The molecule has 0 aliphatic carbocycles. The first-order valence-electron chi connectivity index (χ1n) is 4.22. The molecule has 0 amide bonds. The largest absolute Gasteiger partial charge is 0.376 e. The Morgan fingerprint density at radius 2 is 2.18 bits per heavy atom. The van der Waals surface area contributed by atoms with Crippen LogP contribution in [-0.4, -0.2) is 43.0 Å². The highest BCUT2D eigenvalue weighted by Gasteiger charge is 2.44. The quantitative estimate of drug-likeness (QED) is 0.506. The van der Waals surface area contributed by atoms with Crippen LogP contribution >= 0.6 is 0 Å². The summed E-state index contributed by atoms with van der Waals surface area (Å²) in [5.74, 6) is 0. The molecule has 2 aliphatic rings. The lowest BCUT2D eigenvalue weighted by atomic mass is 9.87. The number of likely N-dealkylation sites (N-methyl/N-ethyl adjacent to an activating group) is 2. The van der Waals surface area contributed by atoms with Gasteiger partial charge in [0.1, 0.15) is 0 Å². The molecule has 1 saturated heterocycles. The minimum absolute atomic E-state index is 0.420. The van der Waals surface area contributed by atoms with Crippen LogP contribution in [0.3, 0.4) is 0 Å². The minimum atomic E-state index is 0.420. The molecule has 0 radical (unpaired) electrons. The van der Waals surface area contributed by atoms with Crippen molar-refractivity contribution in [1.29, 1.82) is 0 Å². The fraction of sp³-hybridized carbons (Fsp3) is 0.778. The van der Waals surface area contributed by atoms with Crippen LogP contribution in [0, 0.1) is 5.41 Å². The molecule has 0 saturated carbocycles. The average Bonchev–Trinajstić information content (AvgIpc) is 2.32. The van der Waals surface area contributed by atoms with E-state index in [0.717, 1.165) is 0 Å². The Morgan fingerprint density at radius 1 is 1.45 bits per heavy atom. The summed E-state index contributed by atoms with van der Waals surface area (Å²) in [6.07, 6.45) is 4.57. The SMILES string of the molecule is CN1CC2N(C)C=CC2(C)C1. The number of hydrogen-bond acceptors (Lipinski definition) is 2. The molecule has 2 rings (SSSR count). The van der Waals surface area contributed by atoms with Gasteiger partial charge >= 0.3 is 0 Å². The molecular formula is C9H16N2. The molecule has 11 heavy (non-hydrogen) atoms. The predicted octanol–water partition coefficient (Wildman–Crippen LogP) is 0.766. The van der Waals surface area contributed by atoms with E-state index >= 15 is 0 Å². The Balaban J connectivity index is 2.24. The Labute approximate surface area is 68.5 Å². The van der Waals surface area contributed by atoms with Gasteiger partial charge in [0.05, 0.1) is 6.04 Å². The van der Waals surface area contributed by atoms with E-state index in [1.807, 2.05) is 0 Å².